The van der Waals surface area contributed by atoms with Gasteiger partial charge in [0.25, 0.3) is 0 Å². The summed E-state index contributed by atoms with van der Waals surface area (Å²) in [4.78, 5) is 5.41. The van der Waals surface area contributed by atoms with E-state index in [1.54, 1.807) is 0 Å². The Labute approximate surface area is 255 Å². The summed E-state index contributed by atoms with van der Waals surface area (Å²) in [6.45, 7) is 13.6. The Kier molecular flexibility index (Phi) is 17.4. The molecule has 2 rings (SSSR count). The van der Waals surface area contributed by atoms with Gasteiger partial charge in [0, 0.05) is 0 Å². The molecule has 40 heavy (non-hydrogen) atoms. The molecule has 225 valence electrons. The molecule has 2 aromatic rings. The minimum atomic E-state index is 0.895. The maximum absolute atomic E-state index is 5.83. The van der Waals surface area contributed by atoms with Crippen LogP contribution in [0, 0.1) is 0 Å². The van der Waals surface area contributed by atoms with Gasteiger partial charge in [-0.05, 0) is 0 Å². The van der Waals surface area contributed by atoms with Crippen LogP contribution in [0.4, 0.5) is 11.4 Å². The van der Waals surface area contributed by atoms with Gasteiger partial charge in [0.05, 0.1) is 0 Å². The van der Waals surface area contributed by atoms with Crippen molar-refractivity contribution in [3.8, 4) is 0 Å². The van der Waals surface area contributed by atoms with Crippen molar-refractivity contribution in [1.82, 2.24) is 0 Å². The fourth-order valence-corrected chi connectivity index (χ4v) is 5.73. The molecule has 0 atom stereocenters. The van der Waals surface area contributed by atoms with Gasteiger partial charge in [-0.25, -0.2) is 0 Å². The van der Waals surface area contributed by atoms with Gasteiger partial charge in [-0.3, -0.25) is 0 Å². The molecule has 0 saturated carbocycles. The predicted molar refractivity (Wildman–Crippen MR) is 174 cm³/mol. The fraction of sp³-hybridized carbons (Fsp3) is 0.622. The van der Waals surface area contributed by atoms with Crippen molar-refractivity contribution in [2.24, 2.45) is 4.99 Å². The van der Waals surface area contributed by atoms with E-state index < -0.39 is 0 Å². The van der Waals surface area contributed by atoms with E-state index in [4.69, 9.17) is 20.7 Å². The van der Waals surface area contributed by atoms with Crippen molar-refractivity contribution in [2.45, 2.75) is 151 Å². The van der Waals surface area contributed by atoms with Crippen LogP contribution in [-0.4, -0.2) is 15.1 Å². The summed E-state index contributed by atoms with van der Waals surface area (Å²) < 4.78 is 2.09. The number of aryl methyl sites for hydroxylation is 4. The van der Waals surface area contributed by atoms with E-state index in [-0.39, 0.29) is 0 Å². The first-order valence-electron chi connectivity index (χ1n) is 16.6. The van der Waals surface area contributed by atoms with E-state index >= 15 is 0 Å². The normalized spacial score (nSPS) is 12.7. The van der Waals surface area contributed by atoms with Crippen molar-refractivity contribution in [3.05, 3.63) is 58.7 Å². The van der Waals surface area contributed by atoms with Crippen LogP contribution < -0.4 is 0 Å². The second kappa shape index (κ2) is 20.2. The quantitative estimate of drug-likeness (QED) is 0.0830. The first kappa shape index (κ1) is 34.5. The van der Waals surface area contributed by atoms with E-state index in [0.29, 0.717) is 0 Å². The predicted octanol–water partition coefficient (Wildman–Crippen LogP) is 11.4. The van der Waals surface area contributed by atoms with E-state index in [2.05, 4.69) is 81.6 Å². The Morgan fingerprint density at radius 1 is 0.575 bits per heavy atom. The molecule has 0 aromatic heterocycles. The average Bonchev–Trinajstić information content (AvgIpc) is 2.97. The van der Waals surface area contributed by atoms with Crippen molar-refractivity contribution in [2.75, 3.05) is 0 Å². The maximum atomic E-state index is 5.83. The topological polar surface area (TPSA) is 15.4 Å². The summed E-state index contributed by atoms with van der Waals surface area (Å²) >= 11 is 5.83. The molecule has 3 heteroatoms. The second-order valence-electron chi connectivity index (χ2n) is 11.5. The number of rotatable bonds is 20. The molecule has 2 nitrogen and oxygen atoms in total. The van der Waals surface area contributed by atoms with Crippen LogP contribution in [0.5, 0.6) is 0 Å². The van der Waals surface area contributed by atoms with Gasteiger partial charge in [0.2, 0.25) is 0 Å². The van der Waals surface area contributed by atoms with Gasteiger partial charge in [-0.2, -0.15) is 0 Å². The molecular weight excluding hydrogens is 531 g/mol. The van der Waals surface area contributed by atoms with Gasteiger partial charge < -0.3 is 0 Å². The number of aliphatic imine (C=N–C) groups is 1. The minimum absolute atomic E-state index is 0.895. The van der Waals surface area contributed by atoms with Crippen molar-refractivity contribution >= 4 is 22.8 Å². The molecule has 0 radical (unpaired) electrons. The molecule has 0 fully saturated rings. The molecule has 0 aliphatic rings. The Hall–Kier alpha value is -1.73. The number of benzene rings is 2. The number of unbranched alkanes of at least 4 members (excludes halogenated alkanes) is 6. The second-order valence-corrected chi connectivity index (χ2v) is 11.9. The number of hydrogen-bond acceptors (Lipinski definition) is 1. The standard InChI is InChI=1S/C37H58N2.Ni/c1-7-13-18-23-37(39-35-28-32(21-16-10-4)25-33(29-35)22-17-11-5)36(12-6)38-34-26-30(19-14-8-2)24-31(27-34)20-15-9-3;/h24-29H,7-23H2,1-6H3;/q;+1. The molecule has 0 saturated heterocycles. The van der Waals surface area contributed by atoms with Gasteiger partial charge in [0.1, 0.15) is 0 Å². The zero-order valence-electron chi connectivity index (χ0n) is 26.7. The zero-order chi connectivity index (χ0) is 29.2. The summed E-state index contributed by atoms with van der Waals surface area (Å²) in [5.74, 6) is 0. The first-order chi connectivity index (χ1) is 19.5. The molecule has 0 bridgehead atoms. The van der Waals surface area contributed by atoms with Crippen molar-refractivity contribution < 1.29 is 19.3 Å². The average molecular weight is 590 g/mol. The summed E-state index contributed by atoms with van der Waals surface area (Å²) in [7, 11) is 0. The molecular formula is C37H58N2Ni+. The molecule has 0 aliphatic heterocycles. The van der Waals surface area contributed by atoms with Gasteiger partial charge in [-0.15, -0.1) is 0 Å². The fourth-order valence-electron chi connectivity index (χ4n) is 5.31. The van der Waals surface area contributed by atoms with E-state index in [1.165, 1.54) is 104 Å². The molecule has 0 unspecified atom stereocenters. The monoisotopic (exact) mass is 588 g/mol. The third-order valence-corrected chi connectivity index (χ3v) is 8.25. The van der Waals surface area contributed by atoms with Gasteiger partial charge in [0.15, 0.2) is 0 Å². The third kappa shape index (κ3) is 12.0. The number of nitrogens with zero attached hydrogens (tertiary/aromatic N) is 2. The molecule has 0 spiro atoms. The third-order valence-electron chi connectivity index (χ3n) is 7.73. The summed E-state index contributed by atoms with van der Waals surface area (Å²) in [5.41, 5.74) is 10.4. The van der Waals surface area contributed by atoms with E-state index in [0.717, 1.165) is 50.6 Å². The first-order valence-corrected chi connectivity index (χ1v) is 17.1. The Bertz CT molecular complexity index is 1010. The molecule has 0 aliphatic carbocycles. The Morgan fingerprint density at radius 3 is 1.40 bits per heavy atom. The van der Waals surface area contributed by atoms with Crippen LogP contribution in [0.25, 0.3) is 0 Å². The van der Waals surface area contributed by atoms with Crippen LogP contribution >= 0.6 is 0 Å². The zero-order valence-corrected chi connectivity index (χ0v) is 27.7. The van der Waals surface area contributed by atoms with Crippen LogP contribution in [0.3, 0.4) is 0 Å². The van der Waals surface area contributed by atoms with Crippen LogP contribution in [-0.2, 0) is 41.4 Å². The Morgan fingerprint density at radius 2 is 1.00 bits per heavy atom. The summed E-state index contributed by atoms with van der Waals surface area (Å²) in [6.07, 6.45) is 19.8. The van der Waals surface area contributed by atoms with Gasteiger partial charge in [-0.1, -0.05) is 0 Å². The molecule has 0 heterocycles. The van der Waals surface area contributed by atoms with Crippen LogP contribution in [0.15, 0.2) is 41.4 Å². The number of hydrogen-bond donors (Lipinski definition) is 0. The van der Waals surface area contributed by atoms with Crippen molar-refractivity contribution in [1.29, 1.82) is 0 Å². The van der Waals surface area contributed by atoms with Crippen molar-refractivity contribution in [3.63, 3.8) is 0 Å². The molecule has 2 aromatic carbocycles. The summed E-state index contributed by atoms with van der Waals surface area (Å²) in [5, 5.41) is 0. The summed E-state index contributed by atoms with van der Waals surface area (Å²) in [6, 6.07) is 14.2. The SMILES string of the molecule is CCCCCC(=Nc1cc(CCCC)cc(CCCC)c1)C(CC)=[N+]([Ni])c1cc(CCCC)cc(CCCC)c1. The van der Waals surface area contributed by atoms with Gasteiger partial charge >= 0.3 is 256 Å². The Balaban J connectivity index is 2.62. The molecule has 0 N–H and O–H groups in total. The van der Waals surface area contributed by atoms with Crippen LogP contribution in [0.1, 0.15) is 147 Å². The van der Waals surface area contributed by atoms with E-state index in [1.807, 2.05) is 0 Å². The van der Waals surface area contributed by atoms with E-state index in [9.17, 15) is 0 Å². The van der Waals surface area contributed by atoms with Crippen LogP contribution in [0.2, 0.25) is 0 Å². The molecule has 0 amide bonds.